The Bertz CT molecular complexity index is 229. The molecule has 2 aliphatic rings. The molecule has 0 atom stereocenters. The van der Waals surface area contributed by atoms with Gasteiger partial charge >= 0.3 is 0 Å². The lowest BCUT2D eigenvalue weighted by atomic mass is 9.76. The number of hydrogen-bond donors (Lipinski definition) is 1. The monoisotopic (exact) mass is 253 g/mol. The van der Waals surface area contributed by atoms with Crippen LogP contribution < -0.4 is 5.32 Å². The van der Waals surface area contributed by atoms with Crippen LogP contribution in [0.15, 0.2) is 0 Å². The summed E-state index contributed by atoms with van der Waals surface area (Å²) >= 11 is 0. The van der Waals surface area contributed by atoms with Crippen molar-refractivity contribution in [2.45, 2.75) is 83.3 Å². The lowest BCUT2D eigenvalue weighted by Crippen LogP contribution is -2.49. The first-order valence-corrected chi connectivity index (χ1v) is 8.16. The van der Waals surface area contributed by atoms with Gasteiger partial charge in [0, 0.05) is 6.54 Å². The smallest absolute Gasteiger partial charge is 0.0810 e. The molecule has 0 bridgehead atoms. The van der Waals surface area contributed by atoms with Crippen LogP contribution in [0.25, 0.3) is 0 Å². The summed E-state index contributed by atoms with van der Waals surface area (Å²) in [4.78, 5) is 0. The SMILES string of the molecule is CCCC1CCC(CNCC)(OC2CCC2)CC1. The van der Waals surface area contributed by atoms with E-state index in [0.717, 1.165) is 19.0 Å². The molecule has 0 saturated heterocycles. The number of rotatable bonds is 7. The van der Waals surface area contributed by atoms with Crippen molar-refractivity contribution in [1.82, 2.24) is 5.32 Å². The van der Waals surface area contributed by atoms with Crippen molar-refractivity contribution >= 4 is 0 Å². The average Bonchev–Trinajstić information content (AvgIpc) is 2.35. The third-order valence-electron chi connectivity index (χ3n) is 4.88. The molecular formula is C16H31NO. The molecule has 2 nitrogen and oxygen atoms in total. The van der Waals surface area contributed by atoms with Crippen molar-refractivity contribution in [3.63, 3.8) is 0 Å². The van der Waals surface area contributed by atoms with Crippen LogP contribution in [0.5, 0.6) is 0 Å². The van der Waals surface area contributed by atoms with Gasteiger partial charge in [0.15, 0.2) is 0 Å². The molecule has 0 radical (unpaired) electrons. The molecular weight excluding hydrogens is 222 g/mol. The second kappa shape index (κ2) is 6.91. The summed E-state index contributed by atoms with van der Waals surface area (Å²) in [6, 6.07) is 0. The van der Waals surface area contributed by atoms with Crippen molar-refractivity contribution in [3.8, 4) is 0 Å². The van der Waals surface area contributed by atoms with Gasteiger partial charge in [0.1, 0.15) is 0 Å². The van der Waals surface area contributed by atoms with Crippen LogP contribution in [0, 0.1) is 5.92 Å². The molecule has 0 heterocycles. The molecule has 2 rings (SSSR count). The minimum absolute atomic E-state index is 0.172. The normalized spacial score (nSPS) is 33.3. The zero-order chi connectivity index (χ0) is 12.8. The van der Waals surface area contributed by atoms with E-state index in [0.29, 0.717) is 6.10 Å². The summed E-state index contributed by atoms with van der Waals surface area (Å²) in [6.45, 7) is 6.64. The van der Waals surface area contributed by atoms with E-state index in [9.17, 15) is 0 Å². The Balaban J connectivity index is 1.85. The number of likely N-dealkylation sites (N-methyl/N-ethyl adjacent to an activating group) is 1. The zero-order valence-electron chi connectivity index (χ0n) is 12.3. The van der Waals surface area contributed by atoms with E-state index in [1.54, 1.807) is 0 Å². The molecule has 0 aromatic carbocycles. The highest BCUT2D eigenvalue weighted by Gasteiger charge is 2.38. The molecule has 106 valence electrons. The lowest BCUT2D eigenvalue weighted by molar-refractivity contribution is -0.141. The Morgan fingerprint density at radius 2 is 1.83 bits per heavy atom. The van der Waals surface area contributed by atoms with Gasteiger partial charge in [-0.15, -0.1) is 0 Å². The van der Waals surface area contributed by atoms with Crippen LogP contribution in [0.1, 0.15) is 71.6 Å². The van der Waals surface area contributed by atoms with E-state index in [-0.39, 0.29) is 5.60 Å². The quantitative estimate of drug-likeness (QED) is 0.743. The van der Waals surface area contributed by atoms with E-state index < -0.39 is 0 Å². The Morgan fingerprint density at radius 1 is 1.11 bits per heavy atom. The highest BCUT2D eigenvalue weighted by Crippen LogP contribution is 2.39. The van der Waals surface area contributed by atoms with Crippen molar-refractivity contribution in [3.05, 3.63) is 0 Å². The van der Waals surface area contributed by atoms with Crippen LogP contribution in [0.3, 0.4) is 0 Å². The molecule has 0 spiro atoms. The Morgan fingerprint density at radius 3 is 2.33 bits per heavy atom. The highest BCUT2D eigenvalue weighted by molar-refractivity contribution is 4.91. The Labute approximate surface area is 113 Å². The van der Waals surface area contributed by atoms with Crippen LogP contribution in [0.2, 0.25) is 0 Å². The van der Waals surface area contributed by atoms with Gasteiger partial charge in [0.25, 0.3) is 0 Å². The summed E-state index contributed by atoms with van der Waals surface area (Å²) in [6.07, 6.45) is 12.6. The summed E-state index contributed by atoms with van der Waals surface area (Å²) in [5, 5.41) is 3.53. The fraction of sp³-hybridized carbons (Fsp3) is 1.00. The summed E-state index contributed by atoms with van der Waals surface area (Å²) in [5.74, 6) is 0.967. The predicted molar refractivity (Wildman–Crippen MR) is 76.9 cm³/mol. The van der Waals surface area contributed by atoms with Gasteiger partial charge in [-0.2, -0.15) is 0 Å². The van der Waals surface area contributed by atoms with Crippen molar-refractivity contribution in [2.24, 2.45) is 5.92 Å². The maximum absolute atomic E-state index is 6.48. The molecule has 0 unspecified atom stereocenters. The van der Waals surface area contributed by atoms with Crippen molar-refractivity contribution in [2.75, 3.05) is 13.1 Å². The van der Waals surface area contributed by atoms with E-state index >= 15 is 0 Å². The van der Waals surface area contributed by atoms with Crippen LogP contribution in [-0.4, -0.2) is 24.8 Å². The van der Waals surface area contributed by atoms with Crippen LogP contribution in [0.4, 0.5) is 0 Å². The lowest BCUT2D eigenvalue weighted by Gasteiger charge is -2.44. The number of nitrogens with one attached hydrogen (secondary N) is 1. The molecule has 2 aliphatic carbocycles. The predicted octanol–water partition coefficient (Wildman–Crippen LogP) is 3.89. The Hall–Kier alpha value is -0.0800. The first kappa shape index (κ1) is 14.3. The zero-order valence-corrected chi connectivity index (χ0v) is 12.3. The molecule has 0 aromatic heterocycles. The maximum Gasteiger partial charge on any atom is 0.0810 e. The second-order valence-electron chi connectivity index (χ2n) is 6.37. The van der Waals surface area contributed by atoms with Gasteiger partial charge in [0.2, 0.25) is 0 Å². The van der Waals surface area contributed by atoms with Crippen LogP contribution >= 0.6 is 0 Å². The van der Waals surface area contributed by atoms with Gasteiger partial charge in [-0.25, -0.2) is 0 Å². The molecule has 0 amide bonds. The van der Waals surface area contributed by atoms with Crippen molar-refractivity contribution < 1.29 is 4.74 Å². The fourth-order valence-corrected chi connectivity index (χ4v) is 3.43. The van der Waals surface area contributed by atoms with E-state index in [4.69, 9.17) is 4.74 Å². The third-order valence-corrected chi connectivity index (χ3v) is 4.88. The molecule has 2 saturated carbocycles. The minimum atomic E-state index is 0.172. The Kier molecular flexibility index (Phi) is 5.50. The molecule has 2 heteroatoms. The molecule has 2 fully saturated rings. The molecule has 0 aromatic rings. The molecule has 0 aliphatic heterocycles. The van der Waals surface area contributed by atoms with Gasteiger partial charge in [-0.3, -0.25) is 0 Å². The fourth-order valence-electron chi connectivity index (χ4n) is 3.43. The van der Waals surface area contributed by atoms with E-state index in [1.807, 2.05) is 0 Å². The van der Waals surface area contributed by atoms with E-state index in [2.05, 4.69) is 19.2 Å². The van der Waals surface area contributed by atoms with Gasteiger partial charge < -0.3 is 10.1 Å². The van der Waals surface area contributed by atoms with E-state index in [1.165, 1.54) is 57.8 Å². The summed E-state index contributed by atoms with van der Waals surface area (Å²) in [5.41, 5.74) is 0.172. The second-order valence-corrected chi connectivity index (χ2v) is 6.37. The topological polar surface area (TPSA) is 21.3 Å². The molecule has 1 N–H and O–H groups in total. The first-order valence-electron chi connectivity index (χ1n) is 8.16. The van der Waals surface area contributed by atoms with Gasteiger partial charge in [-0.1, -0.05) is 26.7 Å². The third kappa shape index (κ3) is 3.71. The maximum atomic E-state index is 6.48. The van der Waals surface area contributed by atoms with Crippen molar-refractivity contribution in [1.29, 1.82) is 0 Å². The number of hydrogen-bond acceptors (Lipinski definition) is 2. The number of ether oxygens (including phenoxy) is 1. The first-order chi connectivity index (χ1) is 8.78. The summed E-state index contributed by atoms with van der Waals surface area (Å²) in [7, 11) is 0. The highest BCUT2D eigenvalue weighted by atomic mass is 16.5. The molecule has 18 heavy (non-hydrogen) atoms. The van der Waals surface area contributed by atoms with Gasteiger partial charge in [0.05, 0.1) is 11.7 Å². The van der Waals surface area contributed by atoms with Gasteiger partial charge in [-0.05, 0) is 57.4 Å². The average molecular weight is 253 g/mol. The minimum Gasteiger partial charge on any atom is -0.370 e. The summed E-state index contributed by atoms with van der Waals surface area (Å²) < 4.78 is 6.48. The van der Waals surface area contributed by atoms with Crippen LogP contribution in [-0.2, 0) is 4.74 Å². The largest absolute Gasteiger partial charge is 0.370 e. The standard InChI is InChI=1S/C16H31NO/c1-3-6-14-9-11-16(12-10-14,13-17-4-2)18-15-7-5-8-15/h14-15,17H,3-13H2,1-2H3.